The third-order valence-electron chi connectivity index (χ3n) is 3.40. The van der Waals surface area contributed by atoms with E-state index in [1.165, 1.54) is 11.3 Å². The van der Waals surface area contributed by atoms with Crippen LogP contribution in [0.2, 0.25) is 0 Å². The van der Waals surface area contributed by atoms with Crippen molar-refractivity contribution in [1.29, 1.82) is 0 Å². The summed E-state index contributed by atoms with van der Waals surface area (Å²) < 4.78 is 18.6. The van der Waals surface area contributed by atoms with Crippen molar-refractivity contribution in [2.75, 3.05) is 25.6 Å². The highest BCUT2D eigenvalue weighted by atomic mass is 32.1. The maximum absolute atomic E-state index is 12.3. The molecule has 1 atom stereocenters. The summed E-state index contributed by atoms with van der Waals surface area (Å²) >= 11 is 1.49. The Kier molecular flexibility index (Phi) is 6.30. The van der Waals surface area contributed by atoms with E-state index in [0.717, 1.165) is 20.8 Å². The molecular weight excluding hydrogens is 367 g/mol. The smallest absolute Gasteiger partial charge is 0.222 e. The lowest BCUT2D eigenvalue weighted by Crippen LogP contribution is -2.19. The topological polar surface area (TPSA) is 80.2 Å². The number of halogens is 1. The van der Waals surface area contributed by atoms with Gasteiger partial charge in [0.15, 0.2) is 0 Å². The number of nitrogens with one attached hydrogen (secondary N) is 1. The van der Waals surface area contributed by atoms with Crippen molar-refractivity contribution in [2.24, 2.45) is 0 Å². The number of hydrogen-bond donors (Lipinski definition) is 2. The maximum atomic E-state index is 12.3. The molecule has 8 heteroatoms. The Labute approximate surface area is 159 Å². The molecule has 1 aromatic carbocycles. The van der Waals surface area contributed by atoms with E-state index in [4.69, 9.17) is 4.74 Å². The van der Waals surface area contributed by atoms with Crippen molar-refractivity contribution in [3.8, 4) is 17.6 Å². The van der Waals surface area contributed by atoms with Crippen molar-refractivity contribution < 1.29 is 14.2 Å². The van der Waals surface area contributed by atoms with Crippen LogP contribution < -0.4 is 10.1 Å². The monoisotopic (exact) mass is 384 g/mol. The van der Waals surface area contributed by atoms with Gasteiger partial charge in [-0.05, 0) is 30.4 Å². The average Bonchev–Trinajstić information content (AvgIpc) is 3.11. The summed E-state index contributed by atoms with van der Waals surface area (Å²) in [6, 6.07) is 5.39. The van der Waals surface area contributed by atoms with Crippen LogP contribution in [0.3, 0.4) is 0 Å². The molecule has 0 bridgehead atoms. The molecule has 3 aromatic rings. The standard InChI is InChI=1S/C19H17FN4O2S/c1-21-19-22-10-13(11-23-19)4-2-3-5-18-24-16-7-6-15(8-17(16)27-18)26-12-14(25)9-20/h3,5-8,10-11,14,25H,9,12H2,1H3,(H,21,22,23). The van der Waals surface area contributed by atoms with Gasteiger partial charge in [-0.1, -0.05) is 11.8 Å². The highest BCUT2D eigenvalue weighted by Gasteiger charge is 2.06. The summed E-state index contributed by atoms with van der Waals surface area (Å²) in [6.45, 7) is -0.910. The molecule has 0 aliphatic heterocycles. The van der Waals surface area contributed by atoms with Gasteiger partial charge in [-0.3, -0.25) is 0 Å². The Morgan fingerprint density at radius 3 is 2.93 bits per heavy atom. The summed E-state index contributed by atoms with van der Waals surface area (Å²) in [4.78, 5) is 12.7. The van der Waals surface area contributed by atoms with E-state index in [-0.39, 0.29) is 6.61 Å². The minimum Gasteiger partial charge on any atom is -0.491 e. The van der Waals surface area contributed by atoms with Crippen LogP contribution in [-0.2, 0) is 0 Å². The van der Waals surface area contributed by atoms with Gasteiger partial charge in [0, 0.05) is 19.4 Å². The predicted octanol–water partition coefficient (Wildman–Crippen LogP) is 2.90. The molecule has 2 N–H and O–H groups in total. The molecule has 0 fully saturated rings. The zero-order valence-corrected chi connectivity index (χ0v) is 15.3. The number of alkyl halides is 1. The number of allylic oxidation sites excluding steroid dienone is 1. The zero-order chi connectivity index (χ0) is 19.1. The van der Waals surface area contributed by atoms with E-state index in [1.54, 1.807) is 31.6 Å². The second kappa shape index (κ2) is 9.07. The first-order valence-electron chi connectivity index (χ1n) is 8.13. The number of thiazole rings is 1. The first-order chi connectivity index (χ1) is 13.2. The highest BCUT2D eigenvalue weighted by Crippen LogP contribution is 2.27. The van der Waals surface area contributed by atoms with E-state index in [9.17, 15) is 9.50 Å². The molecule has 0 aliphatic rings. The van der Waals surface area contributed by atoms with E-state index < -0.39 is 12.8 Å². The minimum absolute atomic E-state index is 0.0812. The second-order valence-electron chi connectivity index (χ2n) is 5.45. The lowest BCUT2D eigenvalue weighted by Gasteiger charge is -2.08. The quantitative estimate of drug-likeness (QED) is 0.636. The average molecular weight is 384 g/mol. The van der Waals surface area contributed by atoms with Crippen LogP contribution in [0.25, 0.3) is 16.3 Å². The number of benzene rings is 1. The van der Waals surface area contributed by atoms with E-state index in [2.05, 4.69) is 32.1 Å². The van der Waals surface area contributed by atoms with Crippen molar-refractivity contribution in [3.63, 3.8) is 0 Å². The predicted molar refractivity (Wildman–Crippen MR) is 105 cm³/mol. The number of aromatic nitrogens is 3. The number of nitrogens with zero attached hydrogens (tertiary/aromatic N) is 3. The summed E-state index contributed by atoms with van der Waals surface area (Å²) in [6.07, 6.45) is 5.74. The normalized spacial score (nSPS) is 12.0. The molecule has 2 aromatic heterocycles. The van der Waals surface area contributed by atoms with Gasteiger partial charge < -0.3 is 15.2 Å². The van der Waals surface area contributed by atoms with Crippen molar-refractivity contribution in [3.05, 3.63) is 47.2 Å². The van der Waals surface area contributed by atoms with Gasteiger partial charge in [-0.25, -0.2) is 19.3 Å². The molecule has 0 spiro atoms. The molecule has 0 aliphatic carbocycles. The minimum atomic E-state index is -1.11. The number of rotatable bonds is 6. The van der Waals surface area contributed by atoms with Crippen molar-refractivity contribution >= 4 is 33.6 Å². The summed E-state index contributed by atoms with van der Waals surface area (Å²) in [7, 11) is 1.75. The fraction of sp³-hybridized carbons (Fsp3) is 0.211. The van der Waals surface area contributed by atoms with Crippen LogP contribution in [0.4, 0.5) is 10.3 Å². The Bertz CT molecular complexity index is 992. The van der Waals surface area contributed by atoms with Crippen molar-refractivity contribution in [2.45, 2.75) is 6.10 Å². The lowest BCUT2D eigenvalue weighted by atomic mass is 10.3. The van der Waals surface area contributed by atoms with Gasteiger partial charge in [0.05, 0.1) is 15.8 Å². The highest BCUT2D eigenvalue weighted by molar-refractivity contribution is 7.19. The first kappa shape index (κ1) is 18.8. The fourth-order valence-corrected chi connectivity index (χ4v) is 2.98. The number of aliphatic hydroxyl groups excluding tert-OH is 1. The first-order valence-corrected chi connectivity index (χ1v) is 8.95. The van der Waals surface area contributed by atoms with E-state index in [1.807, 2.05) is 18.2 Å². The van der Waals surface area contributed by atoms with Gasteiger partial charge in [0.1, 0.15) is 30.1 Å². The number of ether oxygens (including phenoxy) is 1. The van der Waals surface area contributed by atoms with Crippen LogP contribution in [0.15, 0.2) is 36.7 Å². The van der Waals surface area contributed by atoms with Gasteiger partial charge >= 0.3 is 0 Å². The molecule has 0 amide bonds. The summed E-state index contributed by atoms with van der Waals surface area (Å²) in [5.74, 6) is 7.00. The Morgan fingerprint density at radius 2 is 2.19 bits per heavy atom. The van der Waals surface area contributed by atoms with Crippen LogP contribution in [0.5, 0.6) is 5.75 Å². The lowest BCUT2D eigenvalue weighted by molar-refractivity contribution is 0.0842. The number of hydrogen-bond acceptors (Lipinski definition) is 7. The zero-order valence-electron chi connectivity index (χ0n) is 14.5. The molecular formula is C19H17FN4O2S. The number of fused-ring (bicyclic) bond motifs is 1. The van der Waals surface area contributed by atoms with Crippen molar-refractivity contribution in [1.82, 2.24) is 15.0 Å². The SMILES string of the molecule is CNc1ncc(C#CC=Cc2nc3ccc(OCC(O)CF)cc3s2)cn1. The molecule has 2 heterocycles. The maximum Gasteiger partial charge on any atom is 0.222 e. The fourth-order valence-electron chi connectivity index (χ4n) is 2.08. The molecule has 0 saturated carbocycles. The molecule has 0 radical (unpaired) electrons. The Balaban J connectivity index is 1.66. The molecule has 0 saturated heterocycles. The largest absolute Gasteiger partial charge is 0.491 e. The van der Waals surface area contributed by atoms with Crippen LogP contribution in [0.1, 0.15) is 10.6 Å². The second-order valence-corrected chi connectivity index (χ2v) is 6.51. The van der Waals surface area contributed by atoms with Gasteiger partial charge in [-0.2, -0.15) is 0 Å². The molecule has 3 rings (SSSR count). The van der Waals surface area contributed by atoms with Crippen LogP contribution in [0, 0.1) is 11.8 Å². The van der Waals surface area contributed by atoms with Gasteiger partial charge in [0.2, 0.25) is 5.95 Å². The number of anilines is 1. The third-order valence-corrected chi connectivity index (χ3v) is 4.38. The Morgan fingerprint density at radius 1 is 1.37 bits per heavy atom. The van der Waals surface area contributed by atoms with Gasteiger partial charge in [-0.15, -0.1) is 11.3 Å². The summed E-state index contributed by atoms with van der Waals surface area (Å²) in [5, 5.41) is 12.9. The number of aliphatic hydroxyl groups is 1. The van der Waals surface area contributed by atoms with Crippen LogP contribution >= 0.6 is 11.3 Å². The summed E-state index contributed by atoms with van der Waals surface area (Å²) in [5.41, 5.74) is 1.56. The molecule has 6 nitrogen and oxygen atoms in total. The molecule has 1 unspecified atom stereocenters. The third kappa shape index (κ3) is 5.23. The Hall–Kier alpha value is -3.02. The van der Waals surface area contributed by atoms with Gasteiger partial charge in [0.25, 0.3) is 0 Å². The van der Waals surface area contributed by atoms with E-state index in [0.29, 0.717) is 11.7 Å². The molecule has 27 heavy (non-hydrogen) atoms. The van der Waals surface area contributed by atoms with E-state index >= 15 is 0 Å². The molecule has 138 valence electrons. The van der Waals surface area contributed by atoms with Crippen LogP contribution in [-0.4, -0.2) is 46.5 Å².